The Morgan fingerprint density at radius 1 is 1.31 bits per heavy atom. The monoisotopic (exact) mass is 182 g/mol. The van der Waals surface area contributed by atoms with Crippen molar-refractivity contribution in [2.45, 2.75) is 19.8 Å². The van der Waals surface area contributed by atoms with Crippen LogP contribution in [0.4, 0.5) is 8.78 Å². The molecule has 2 heteroatoms. The Bertz CT molecular complexity index is 293. The second-order valence-electron chi connectivity index (χ2n) is 3.03. The molecule has 0 aliphatic heterocycles. The fraction of sp³-hybridized carbons (Fsp3) is 0.273. The average Bonchev–Trinajstić information content (AvgIpc) is 2.02. The van der Waals surface area contributed by atoms with E-state index in [1.165, 1.54) is 12.1 Å². The fourth-order valence-electron chi connectivity index (χ4n) is 1.21. The van der Waals surface area contributed by atoms with Crippen molar-refractivity contribution in [3.05, 3.63) is 47.5 Å². The number of hydrogen-bond acceptors (Lipinski definition) is 0. The molecule has 0 atom stereocenters. The van der Waals surface area contributed by atoms with Gasteiger partial charge in [0.05, 0.1) is 0 Å². The van der Waals surface area contributed by atoms with E-state index >= 15 is 0 Å². The molecule has 0 fully saturated rings. The van der Waals surface area contributed by atoms with Crippen LogP contribution in [0.3, 0.4) is 0 Å². The van der Waals surface area contributed by atoms with Gasteiger partial charge in [-0.2, -0.15) is 0 Å². The molecule has 0 N–H and O–H groups in total. The molecule has 70 valence electrons. The van der Waals surface area contributed by atoms with E-state index in [1.807, 2.05) is 0 Å². The number of hydrogen-bond donors (Lipinski definition) is 0. The molecular formula is C11H12F2. The van der Waals surface area contributed by atoms with Crippen molar-refractivity contribution in [2.24, 2.45) is 0 Å². The highest BCUT2D eigenvalue weighted by Crippen LogP contribution is 2.16. The van der Waals surface area contributed by atoms with Gasteiger partial charge in [0.2, 0.25) is 0 Å². The molecule has 0 bridgehead atoms. The van der Waals surface area contributed by atoms with E-state index in [4.69, 9.17) is 0 Å². The number of allylic oxidation sites excluding steroid dienone is 1. The Hall–Kier alpha value is -1.18. The lowest BCUT2D eigenvalue weighted by Crippen LogP contribution is -1.96. The smallest absolute Gasteiger partial charge is 0.129 e. The summed E-state index contributed by atoms with van der Waals surface area (Å²) in [5.74, 6) is -0.918. The van der Waals surface area contributed by atoms with Crippen LogP contribution >= 0.6 is 0 Å². The second kappa shape index (κ2) is 4.17. The summed E-state index contributed by atoms with van der Waals surface area (Å²) in [4.78, 5) is 0. The molecule has 1 aromatic rings. The summed E-state index contributed by atoms with van der Waals surface area (Å²) >= 11 is 0. The highest BCUT2D eigenvalue weighted by molar-refractivity contribution is 5.25. The van der Waals surface area contributed by atoms with Crippen molar-refractivity contribution in [3.8, 4) is 0 Å². The first-order valence-corrected chi connectivity index (χ1v) is 4.20. The lowest BCUT2D eigenvalue weighted by molar-refractivity contribution is 0.553. The lowest BCUT2D eigenvalue weighted by atomic mass is 10.1. The van der Waals surface area contributed by atoms with Crippen molar-refractivity contribution >= 4 is 0 Å². The van der Waals surface area contributed by atoms with Gasteiger partial charge in [-0.3, -0.25) is 0 Å². The molecule has 0 radical (unpaired) electrons. The number of rotatable bonds is 3. The van der Waals surface area contributed by atoms with Crippen LogP contribution < -0.4 is 0 Å². The SMILES string of the molecule is C=CCCc1c(F)cc(C)cc1F. The van der Waals surface area contributed by atoms with Crippen LogP contribution in [0.15, 0.2) is 24.8 Å². The van der Waals surface area contributed by atoms with Crippen LogP contribution in [0.1, 0.15) is 17.5 Å². The lowest BCUT2D eigenvalue weighted by Gasteiger charge is -2.04. The van der Waals surface area contributed by atoms with Gasteiger partial charge in [0, 0.05) is 5.56 Å². The largest absolute Gasteiger partial charge is 0.207 e. The van der Waals surface area contributed by atoms with Gasteiger partial charge in [-0.25, -0.2) is 8.78 Å². The van der Waals surface area contributed by atoms with E-state index in [2.05, 4.69) is 6.58 Å². The average molecular weight is 182 g/mol. The Kier molecular flexibility index (Phi) is 3.18. The number of aryl methyl sites for hydroxylation is 1. The molecule has 0 nitrogen and oxygen atoms in total. The van der Waals surface area contributed by atoms with E-state index in [9.17, 15) is 8.78 Å². The summed E-state index contributed by atoms with van der Waals surface area (Å²) < 4.78 is 26.3. The molecule has 0 aliphatic rings. The normalized spacial score (nSPS) is 10.1. The summed E-state index contributed by atoms with van der Waals surface area (Å²) in [7, 11) is 0. The Labute approximate surface area is 76.9 Å². The topological polar surface area (TPSA) is 0 Å². The predicted molar refractivity (Wildman–Crippen MR) is 49.6 cm³/mol. The maximum atomic E-state index is 13.2. The molecule has 0 saturated carbocycles. The highest BCUT2D eigenvalue weighted by Gasteiger charge is 2.08. The molecule has 0 aliphatic carbocycles. The van der Waals surface area contributed by atoms with Crippen LogP contribution in [0, 0.1) is 18.6 Å². The van der Waals surface area contributed by atoms with Gasteiger partial charge in [-0.15, -0.1) is 6.58 Å². The fourth-order valence-corrected chi connectivity index (χ4v) is 1.21. The van der Waals surface area contributed by atoms with E-state index in [0.717, 1.165) is 0 Å². The quantitative estimate of drug-likeness (QED) is 0.628. The van der Waals surface area contributed by atoms with Crippen LogP contribution in [0.25, 0.3) is 0 Å². The van der Waals surface area contributed by atoms with E-state index in [-0.39, 0.29) is 5.56 Å². The maximum Gasteiger partial charge on any atom is 0.129 e. The molecule has 1 rings (SSSR count). The van der Waals surface area contributed by atoms with Crippen molar-refractivity contribution in [2.75, 3.05) is 0 Å². The molecular weight excluding hydrogens is 170 g/mol. The van der Waals surface area contributed by atoms with Gasteiger partial charge >= 0.3 is 0 Å². The van der Waals surface area contributed by atoms with Crippen LogP contribution in [-0.4, -0.2) is 0 Å². The first kappa shape index (κ1) is 9.90. The minimum atomic E-state index is -0.459. The highest BCUT2D eigenvalue weighted by atomic mass is 19.1. The van der Waals surface area contributed by atoms with Gasteiger partial charge in [0.15, 0.2) is 0 Å². The van der Waals surface area contributed by atoms with Crippen LogP contribution in [0.5, 0.6) is 0 Å². The third-order valence-electron chi connectivity index (χ3n) is 1.88. The third kappa shape index (κ3) is 2.38. The zero-order valence-corrected chi connectivity index (χ0v) is 7.61. The van der Waals surface area contributed by atoms with Gasteiger partial charge in [0.25, 0.3) is 0 Å². The first-order valence-electron chi connectivity index (χ1n) is 4.20. The standard InChI is InChI=1S/C11H12F2/c1-3-4-5-9-10(12)6-8(2)7-11(9)13/h3,6-7H,1,4-5H2,2H3. The summed E-state index contributed by atoms with van der Waals surface area (Å²) in [5.41, 5.74) is 0.767. The minimum Gasteiger partial charge on any atom is -0.207 e. The molecule has 0 heterocycles. The maximum absolute atomic E-state index is 13.2. The summed E-state index contributed by atoms with van der Waals surface area (Å²) in [6.07, 6.45) is 2.62. The summed E-state index contributed by atoms with van der Waals surface area (Å²) in [6.45, 7) is 5.18. The first-order chi connectivity index (χ1) is 6.15. The Morgan fingerprint density at radius 3 is 2.31 bits per heavy atom. The molecule has 0 spiro atoms. The van der Waals surface area contributed by atoms with Crippen molar-refractivity contribution in [1.82, 2.24) is 0 Å². The summed E-state index contributed by atoms with van der Waals surface area (Å²) in [5, 5.41) is 0. The minimum absolute atomic E-state index is 0.158. The Balaban J connectivity index is 2.98. The van der Waals surface area contributed by atoms with Gasteiger partial charge < -0.3 is 0 Å². The van der Waals surface area contributed by atoms with E-state index in [1.54, 1.807) is 13.0 Å². The zero-order chi connectivity index (χ0) is 9.84. The molecule has 0 unspecified atom stereocenters. The van der Waals surface area contributed by atoms with Crippen LogP contribution in [0.2, 0.25) is 0 Å². The van der Waals surface area contributed by atoms with Gasteiger partial charge in [-0.05, 0) is 37.5 Å². The molecule has 13 heavy (non-hydrogen) atoms. The van der Waals surface area contributed by atoms with Gasteiger partial charge in [0.1, 0.15) is 11.6 Å². The zero-order valence-electron chi connectivity index (χ0n) is 7.61. The van der Waals surface area contributed by atoms with E-state index in [0.29, 0.717) is 18.4 Å². The predicted octanol–water partition coefficient (Wildman–Crippen LogP) is 3.39. The van der Waals surface area contributed by atoms with Crippen molar-refractivity contribution in [1.29, 1.82) is 0 Å². The Morgan fingerprint density at radius 2 is 1.85 bits per heavy atom. The second-order valence-corrected chi connectivity index (χ2v) is 3.03. The molecule has 0 aromatic heterocycles. The molecule has 1 aromatic carbocycles. The third-order valence-corrected chi connectivity index (χ3v) is 1.88. The van der Waals surface area contributed by atoms with Gasteiger partial charge in [-0.1, -0.05) is 6.08 Å². The van der Waals surface area contributed by atoms with E-state index < -0.39 is 11.6 Å². The van der Waals surface area contributed by atoms with Crippen molar-refractivity contribution < 1.29 is 8.78 Å². The molecule has 0 amide bonds. The molecule has 0 saturated heterocycles. The number of benzene rings is 1. The van der Waals surface area contributed by atoms with Crippen LogP contribution in [-0.2, 0) is 6.42 Å². The number of halogens is 2. The summed E-state index contributed by atoms with van der Waals surface area (Å²) in [6, 6.07) is 2.70. The van der Waals surface area contributed by atoms with Crippen molar-refractivity contribution in [3.63, 3.8) is 0 Å².